The van der Waals surface area contributed by atoms with Gasteiger partial charge in [-0.3, -0.25) is 0 Å². The second kappa shape index (κ2) is 6.35. The molecule has 0 radical (unpaired) electrons. The number of carboxylic acids is 1. The normalized spacial score (nSPS) is 10.3. The Morgan fingerprint density at radius 3 is 2.25 bits per heavy atom. The Balaban J connectivity index is 2.17. The van der Waals surface area contributed by atoms with Crippen molar-refractivity contribution in [3.8, 4) is 5.75 Å². The van der Waals surface area contributed by atoms with E-state index in [1.807, 2.05) is 0 Å². The number of ether oxygens (including phenoxy) is 1. The van der Waals surface area contributed by atoms with Gasteiger partial charge in [0.05, 0.1) is 10.6 Å². The fourth-order valence-corrected chi connectivity index (χ4v) is 2.31. The molecule has 2 rings (SSSR count). The smallest absolute Gasteiger partial charge is 0.335 e. The summed E-state index contributed by atoms with van der Waals surface area (Å²) in [4.78, 5) is 10.8. The number of benzene rings is 2. The molecule has 0 aliphatic rings. The summed E-state index contributed by atoms with van der Waals surface area (Å²) in [6.07, 6.45) is 0. The second-order valence-corrected chi connectivity index (χ2v) is 5.16. The van der Waals surface area contributed by atoms with Crippen LogP contribution in [0.4, 0.5) is 0 Å². The van der Waals surface area contributed by atoms with Crippen LogP contribution in [-0.4, -0.2) is 11.1 Å². The van der Waals surface area contributed by atoms with E-state index in [-0.39, 0.29) is 17.2 Å². The third-order valence-corrected chi connectivity index (χ3v) is 3.62. The number of carboxylic acid groups (broad SMARTS) is 1. The first-order valence-corrected chi connectivity index (χ1v) is 6.71. The molecule has 2 aromatic carbocycles. The standard InChI is InChI=1S/C14H9Cl3O3/c15-10-2-1-3-11(16)9(10)7-20-13-5-4-8(14(18)19)6-12(13)17/h1-6H,7H2,(H,18,19). The summed E-state index contributed by atoms with van der Waals surface area (Å²) in [5, 5.41) is 10.1. The zero-order chi connectivity index (χ0) is 14.7. The van der Waals surface area contributed by atoms with E-state index in [9.17, 15) is 4.79 Å². The van der Waals surface area contributed by atoms with Crippen LogP contribution in [0.15, 0.2) is 36.4 Å². The molecule has 0 aromatic heterocycles. The van der Waals surface area contributed by atoms with E-state index in [2.05, 4.69) is 0 Å². The fourth-order valence-electron chi connectivity index (χ4n) is 1.57. The number of rotatable bonds is 4. The molecule has 3 nitrogen and oxygen atoms in total. The van der Waals surface area contributed by atoms with E-state index < -0.39 is 5.97 Å². The predicted octanol–water partition coefficient (Wildman–Crippen LogP) is 4.92. The molecular formula is C14H9Cl3O3. The molecule has 0 amide bonds. The minimum Gasteiger partial charge on any atom is -0.487 e. The van der Waals surface area contributed by atoms with Gasteiger partial charge in [-0.15, -0.1) is 0 Å². The monoisotopic (exact) mass is 330 g/mol. The van der Waals surface area contributed by atoms with E-state index in [1.54, 1.807) is 18.2 Å². The van der Waals surface area contributed by atoms with Crippen molar-refractivity contribution in [3.05, 3.63) is 62.6 Å². The van der Waals surface area contributed by atoms with Gasteiger partial charge in [-0.2, -0.15) is 0 Å². The lowest BCUT2D eigenvalue weighted by Crippen LogP contribution is -2.00. The third-order valence-electron chi connectivity index (χ3n) is 2.61. The van der Waals surface area contributed by atoms with Gasteiger partial charge in [0.1, 0.15) is 12.4 Å². The van der Waals surface area contributed by atoms with Crippen molar-refractivity contribution >= 4 is 40.8 Å². The van der Waals surface area contributed by atoms with E-state index in [0.717, 1.165) is 0 Å². The van der Waals surface area contributed by atoms with Crippen LogP contribution in [0.2, 0.25) is 15.1 Å². The van der Waals surface area contributed by atoms with Crippen LogP contribution in [0.25, 0.3) is 0 Å². The van der Waals surface area contributed by atoms with Gasteiger partial charge in [0.2, 0.25) is 0 Å². The molecule has 6 heteroatoms. The number of halogens is 3. The highest BCUT2D eigenvalue weighted by atomic mass is 35.5. The SMILES string of the molecule is O=C(O)c1ccc(OCc2c(Cl)cccc2Cl)c(Cl)c1. The van der Waals surface area contributed by atoms with Crippen LogP contribution < -0.4 is 4.74 Å². The average Bonchev–Trinajstić information content (AvgIpc) is 2.39. The van der Waals surface area contributed by atoms with Crippen LogP contribution >= 0.6 is 34.8 Å². The van der Waals surface area contributed by atoms with Crippen molar-refractivity contribution in [1.29, 1.82) is 0 Å². The molecule has 0 heterocycles. The maximum Gasteiger partial charge on any atom is 0.335 e. The second-order valence-electron chi connectivity index (χ2n) is 3.94. The van der Waals surface area contributed by atoms with Crippen molar-refractivity contribution in [2.75, 3.05) is 0 Å². The molecule has 2 aromatic rings. The molecule has 20 heavy (non-hydrogen) atoms. The first-order valence-electron chi connectivity index (χ1n) is 5.57. The average molecular weight is 332 g/mol. The summed E-state index contributed by atoms with van der Waals surface area (Å²) in [5.74, 6) is -0.680. The zero-order valence-electron chi connectivity index (χ0n) is 10.1. The Morgan fingerprint density at radius 2 is 1.70 bits per heavy atom. The topological polar surface area (TPSA) is 46.5 Å². The van der Waals surface area contributed by atoms with Gasteiger partial charge in [0.15, 0.2) is 0 Å². The molecular weight excluding hydrogens is 323 g/mol. The summed E-state index contributed by atoms with van der Waals surface area (Å²) >= 11 is 18.0. The van der Waals surface area contributed by atoms with Crippen molar-refractivity contribution in [3.63, 3.8) is 0 Å². The minimum atomic E-state index is -1.05. The van der Waals surface area contributed by atoms with Gasteiger partial charge in [-0.05, 0) is 30.3 Å². The number of hydrogen-bond donors (Lipinski definition) is 1. The van der Waals surface area contributed by atoms with Crippen molar-refractivity contribution in [2.24, 2.45) is 0 Å². The number of aromatic carboxylic acids is 1. The zero-order valence-corrected chi connectivity index (χ0v) is 12.3. The van der Waals surface area contributed by atoms with E-state index in [1.165, 1.54) is 18.2 Å². The van der Waals surface area contributed by atoms with Crippen molar-refractivity contribution in [1.82, 2.24) is 0 Å². The summed E-state index contributed by atoms with van der Waals surface area (Å²) < 4.78 is 5.53. The molecule has 104 valence electrons. The number of hydrogen-bond acceptors (Lipinski definition) is 2. The molecule has 0 spiro atoms. The Hall–Kier alpha value is -1.42. The van der Waals surface area contributed by atoms with E-state index >= 15 is 0 Å². The largest absolute Gasteiger partial charge is 0.487 e. The van der Waals surface area contributed by atoms with Crippen LogP contribution in [0.5, 0.6) is 5.75 Å². The van der Waals surface area contributed by atoms with Gasteiger partial charge in [0, 0.05) is 15.6 Å². The highest BCUT2D eigenvalue weighted by molar-refractivity contribution is 6.36. The van der Waals surface area contributed by atoms with Crippen LogP contribution in [-0.2, 0) is 6.61 Å². The van der Waals surface area contributed by atoms with Crippen LogP contribution in [0.1, 0.15) is 15.9 Å². The van der Waals surface area contributed by atoms with Crippen LogP contribution in [0, 0.1) is 0 Å². The summed E-state index contributed by atoms with van der Waals surface area (Å²) in [6.45, 7) is 0.143. The molecule has 0 atom stereocenters. The van der Waals surface area contributed by atoms with Gasteiger partial charge in [-0.25, -0.2) is 4.79 Å². The molecule has 0 bridgehead atoms. The summed E-state index contributed by atoms with van der Waals surface area (Å²) in [7, 11) is 0. The molecule has 1 N–H and O–H groups in total. The molecule has 0 fully saturated rings. The number of carbonyl (C=O) groups is 1. The highest BCUT2D eigenvalue weighted by Crippen LogP contribution is 2.29. The maximum atomic E-state index is 10.8. The van der Waals surface area contributed by atoms with Crippen LogP contribution in [0.3, 0.4) is 0 Å². The molecule has 0 aliphatic carbocycles. The first kappa shape index (κ1) is 15.0. The Kier molecular flexibility index (Phi) is 4.76. The highest BCUT2D eigenvalue weighted by Gasteiger charge is 2.10. The van der Waals surface area contributed by atoms with Crippen molar-refractivity contribution < 1.29 is 14.6 Å². The van der Waals surface area contributed by atoms with Gasteiger partial charge >= 0.3 is 5.97 Å². The Morgan fingerprint density at radius 1 is 1.05 bits per heavy atom. The predicted molar refractivity (Wildman–Crippen MR) is 79.2 cm³/mol. The van der Waals surface area contributed by atoms with Gasteiger partial charge < -0.3 is 9.84 Å². The van der Waals surface area contributed by atoms with Gasteiger partial charge in [0.25, 0.3) is 0 Å². The lowest BCUT2D eigenvalue weighted by Gasteiger charge is -2.11. The molecule has 0 unspecified atom stereocenters. The molecule has 0 saturated carbocycles. The maximum absolute atomic E-state index is 10.8. The minimum absolute atomic E-state index is 0.0955. The fraction of sp³-hybridized carbons (Fsp3) is 0.0714. The lowest BCUT2D eigenvalue weighted by atomic mass is 10.2. The van der Waals surface area contributed by atoms with Crippen molar-refractivity contribution in [2.45, 2.75) is 6.61 Å². The van der Waals surface area contributed by atoms with E-state index in [0.29, 0.717) is 21.4 Å². The quantitative estimate of drug-likeness (QED) is 0.864. The molecule has 0 saturated heterocycles. The third kappa shape index (κ3) is 3.37. The van der Waals surface area contributed by atoms with E-state index in [4.69, 9.17) is 44.6 Å². The first-order chi connectivity index (χ1) is 9.49. The summed E-state index contributed by atoms with van der Waals surface area (Å²) in [5.41, 5.74) is 0.743. The summed E-state index contributed by atoms with van der Waals surface area (Å²) in [6, 6.07) is 9.40. The van der Waals surface area contributed by atoms with Gasteiger partial charge in [-0.1, -0.05) is 40.9 Å². The Bertz CT molecular complexity index is 636. The Labute approximate surface area is 130 Å². The lowest BCUT2D eigenvalue weighted by molar-refractivity contribution is 0.0697. The molecule has 0 aliphatic heterocycles.